The molecule has 62 valence electrons. The van der Waals surface area contributed by atoms with Crippen LogP contribution in [-0.2, 0) is 9.59 Å². The summed E-state index contributed by atoms with van der Waals surface area (Å²) < 4.78 is 0. The summed E-state index contributed by atoms with van der Waals surface area (Å²) in [5.41, 5.74) is 4.60. The van der Waals surface area contributed by atoms with Crippen molar-refractivity contribution in [2.75, 3.05) is 0 Å². The molecule has 0 unspecified atom stereocenters. The molecule has 5 heteroatoms. The molecule has 5 nitrogen and oxygen atoms in total. The van der Waals surface area contributed by atoms with Gasteiger partial charge in [0.1, 0.15) is 0 Å². The van der Waals surface area contributed by atoms with E-state index in [1.165, 1.54) is 0 Å². The number of nitrogens with two attached hydrogens (primary N) is 1. The van der Waals surface area contributed by atoms with E-state index in [0.717, 1.165) is 0 Å². The minimum Gasteiger partial charge on any atom is -0.548 e. The second-order valence-electron chi connectivity index (χ2n) is 2.02. The first-order valence-corrected chi connectivity index (χ1v) is 2.80. The predicted molar refractivity (Wildman–Crippen MR) is 31.7 cm³/mol. The van der Waals surface area contributed by atoms with E-state index < -0.39 is 18.0 Å². The summed E-state index contributed by atoms with van der Waals surface area (Å²) in [6, 6.07) is -1.33. The third-order valence-electron chi connectivity index (χ3n) is 1.06. The van der Waals surface area contributed by atoms with Gasteiger partial charge in [0.2, 0.25) is 0 Å². The highest BCUT2D eigenvalue weighted by atomic mass is 16.4. The van der Waals surface area contributed by atoms with Gasteiger partial charge in [0.25, 0.3) is 0 Å². The van der Waals surface area contributed by atoms with E-state index in [-0.39, 0.29) is 12.0 Å². The van der Waals surface area contributed by atoms with Crippen molar-refractivity contribution in [3.8, 4) is 0 Å². The highest BCUT2D eigenvalue weighted by Gasteiger charge is 2.05. The van der Waals surface area contributed by atoms with Gasteiger partial charge in [0.05, 0.1) is 11.9 Å². The summed E-state index contributed by atoms with van der Waals surface area (Å²) in [5, 5.41) is 19.9. The summed E-state index contributed by atoms with van der Waals surface area (Å²) in [7, 11) is 0. The number of carbonyl (C=O) groups is 2. The molecule has 0 aromatic heterocycles. The molecule has 0 rings (SSSR count). The quantitative estimate of drug-likeness (QED) is 0.431. The number of rotatable bonds is 4. The van der Waals surface area contributed by atoms with Crippen molar-refractivity contribution in [2.45, 2.75) is 12.5 Å². The van der Waals surface area contributed by atoms with E-state index in [9.17, 15) is 19.8 Å². The van der Waals surface area contributed by atoms with Crippen molar-refractivity contribution in [3.05, 3.63) is 12.2 Å². The van der Waals surface area contributed by atoms with Crippen molar-refractivity contribution >= 4 is 11.9 Å². The van der Waals surface area contributed by atoms with Crippen molar-refractivity contribution in [2.24, 2.45) is 5.73 Å². The maximum Gasteiger partial charge on any atom is 0.0669 e. The second-order valence-corrected chi connectivity index (χ2v) is 2.02. The lowest BCUT2D eigenvalue weighted by molar-refractivity contribution is -0.307. The van der Waals surface area contributed by atoms with Crippen LogP contribution < -0.4 is 15.9 Å². The first-order valence-electron chi connectivity index (χ1n) is 2.80. The minimum atomic E-state index is -1.51. The number of hydrogen-bond donors (Lipinski definition) is 1. The Morgan fingerprint density at radius 3 is 2.18 bits per heavy atom. The van der Waals surface area contributed by atoms with Crippen molar-refractivity contribution < 1.29 is 19.8 Å². The van der Waals surface area contributed by atoms with Crippen LogP contribution in [0.2, 0.25) is 0 Å². The molecule has 11 heavy (non-hydrogen) atoms. The average molecular weight is 157 g/mol. The largest absolute Gasteiger partial charge is 0.548 e. The summed E-state index contributed by atoms with van der Waals surface area (Å²) in [5.74, 6) is -3.01. The maximum atomic E-state index is 9.98. The average Bonchev–Trinajstić information content (AvgIpc) is 1.87. The monoisotopic (exact) mass is 157 g/mol. The Hall–Kier alpha value is -1.36. The van der Waals surface area contributed by atoms with Crippen LogP contribution in [0.3, 0.4) is 0 Å². The maximum absolute atomic E-state index is 9.98. The fourth-order valence-corrected chi connectivity index (χ4v) is 0.432. The Morgan fingerprint density at radius 1 is 1.45 bits per heavy atom. The Labute approximate surface area is 63.1 Å². The Balaban J connectivity index is 3.95. The first kappa shape index (κ1) is 9.64. The lowest BCUT2D eigenvalue weighted by Crippen LogP contribution is -2.43. The van der Waals surface area contributed by atoms with Crippen LogP contribution in [0.25, 0.3) is 0 Å². The van der Waals surface area contributed by atoms with E-state index >= 15 is 0 Å². The molecular weight excluding hydrogens is 150 g/mol. The van der Waals surface area contributed by atoms with Crippen LogP contribution in [0.15, 0.2) is 12.2 Å². The van der Waals surface area contributed by atoms with Crippen LogP contribution in [0.5, 0.6) is 0 Å². The highest BCUT2D eigenvalue weighted by molar-refractivity contribution is 5.85. The lowest BCUT2D eigenvalue weighted by atomic mass is 10.1. The molecule has 0 aromatic carbocycles. The molecule has 1 atom stereocenters. The zero-order valence-corrected chi connectivity index (χ0v) is 5.70. The molecule has 0 amide bonds. The van der Waals surface area contributed by atoms with Gasteiger partial charge in [-0.25, -0.2) is 0 Å². The minimum absolute atomic E-state index is 0.346. The van der Waals surface area contributed by atoms with Gasteiger partial charge in [0, 0.05) is 6.04 Å². The first-order chi connectivity index (χ1) is 4.95. The third-order valence-corrected chi connectivity index (χ3v) is 1.06. The molecule has 0 heterocycles. The molecule has 0 saturated heterocycles. The topological polar surface area (TPSA) is 106 Å². The van der Waals surface area contributed by atoms with Gasteiger partial charge in [-0.15, -0.1) is 0 Å². The van der Waals surface area contributed by atoms with Crippen LogP contribution >= 0.6 is 0 Å². The number of carbonyl (C=O) groups excluding carboxylic acids is 2. The van der Waals surface area contributed by atoms with Crippen molar-refractivity contribution in [1.29, 1.82) is 0 Å². The highest BCUT2D eigenvalue weighted by Crippen LogP contribution is 1.98. The Bertz CT molecular complexity index is 199. The van der Waals surface area contributed by atoms with Crippen molar-refractivity contribution in [1.82, 2.24) is 0 Å². The normalized spacial score (nSPS) is 12.1. The molecule has 0 aliphatic heterocycles. The van der Waals surface area contributed by atoms with Crippen molar-refractivity contribution in [3.63, 3.8) is 0 Å². The fourth-order valence-electron chi connectivity index (χ4n) is 0.432. The van der Waals surface area contributed by atoms with Gasteiger partial charge >= 0.3 is 0 Å². The molecular formula is C6H7NO4-2. The molecule has 0 radical (unpaired) electrons. The van der Waals surface area contributed by atoms with Gasteiger partial charge in [-0.1, -0.05) is 6.58 Å². The summed E-state index contributed by atoms with van der Waals surface area (Å²) in [6.45, 7) is 3.04. The van der Waals surface area contributed by atoms with E-state index in [1.54, 1.807) is 0 Å². The van der Waals surface area contributed by atoms with E-state index in [4.69, 9.17) is 5.73 Å². The van der Waals surface area contributed by atoms with Gasteiger partial charge in [-0.3, -0.25) is 0 Å². The number of aliphatic carboxylic acids is 2. The zero-order valence-electron chi connectivity index (χ0n) is 5.70. The summed E-state index contributed by atoms with van der Waals surface area (Å²) in [4.78, 5) is 19.9. The molecule has 0 aromatic rings. The van der Waals surface area contributed by atoms with Gasteiger partial charge in [-0.05, 0) is 12.0 Å². The Morgan fingerprint density at radius 2 is 1.91 bits per heavy atom. The second kappa shape index (κ2) is 3.72. The fraction of sp³-hybridized carbons (Fsp3) is 0.333. The van der Waals surface area contributed by atoms with E-state index in [2.05, 4.69) is 6.58 Å². The molecule has 0 saturated carbocycles. The molecule has 2 N–H and O–H groups in total. The molecule has 0 fully saturated rings. The number of carboxylic acids is 2. The predicted octanol–water partition coefficient (Wildman–Crippen LogP) is -3.24. The Kier molecular flexibility index (Phi) is 3.26. The van der Waals surface area contributed by atoms with Gasteiger partial charge in [-0.2, -0.15) is 0 Å². The smallest absolute Gasteiger partial charge is 0.0669 e. The number of carboxylic acid groups (broad SMARTS) is 2. The summed E-state index contributed by atoms with van der Waals surface area (Å²) >= 11 is 0. The molecule has 0 spiro atoms. The van der Waals surface area contributed by atoms with E-state index in [0.29, 0.717) is 0 Å². The molecule has 0 aliphatic rings. The third kappa shape index (κ3) is 3.36. The van der Waals surface area contributed by atoms with Gasteiger partial charge < -0.3 is 25.5 Å². The molecule has 0 bridgehead atoms. The SMILES string of the molecule is C=C(C[C@H](N)C(=O)[O-])C(=O)[O-]. The van der Waals surface area contributed by atoms with Crippen LogP contribution in [0.4, 0.5) is 0 Å². The van der Waals surface area contributed by atoms with Crippen LogP contribution in [0, 0.1) is 0 Å². The van der Waals surface area contributed by atoms with Crippen LogP contribution in [-0.4, -0.2) is 18.0 Å². The van der Waals surface area contributed by atoms with E-state index in [1.807, 2.05) is 0 Å². The summed E-state index contributed by atoms with van der Waals surface area (Å²) in [6.07, 6.45) is -0.356. The lowest BCUT2D eigenvalue weighted by Gasteiger charge is -2.14. The number of hydrogen-bond acceptors (Lipinski definition) is 5. The zero-order chi connectivity index (χ0) is 9.02. The standard InChI is InChI=1S/C6H9NO4/c1-3(5(8)9)2-4(7)6(10)11/h4H,1-2,7H2,(H,8,9)(H,10,11)/p-2/t4-/m0/s1. The van der Waals surface area contributed by atoms with Gasteiger partial charge in [0.15, 0.2) is 0 Å². The molecule has 0 aliphatic carbocycles. The van der Waals surface area contributed by atoms with Crippen LogP contribution in [0.1, 0.15) is 6.42 Å².